The van der Waals surface area contributed by atoms with E-state index in [1.807, 2.05) is 0 Å². The smallest absolute Gasteiger partial charge is 0.399 e. The van der Waals surface area contributed by atoms with Crippen molar-refractivity contribution < 1.29 is 9.31 Å². The standard InChI is InChI=1S/C37H37BO2/c1-7-25(27-14-13-15-29(23-27)38-39-36(3,4)37(5,6)40-38)22-26(8-2)28-20-21-34-32-18-10-9-16-30(32)31-17-11-12-19-33(31)35(34)24-28/h8-24H,7H2,1-6H3/b25-22+,26-8+. The van der Waals surface area contributed by atoms with Crippen molar-refractivity contribution in [2.24, 2.45) is 0 Å². The molecule has 0 unspecified atom stereocenters. The van der Waals surface area contributed by atoms with Gasteiger partial charge in [0.1, 0.15) is 0 Å². The zero-order chi connectivity index (χ0) is 28.1. The lowest BCUT2D eigenvalue weighted by atomic mass is 9.77. The quantitative estimate of drug-likeness (QED) is 0.130. The van der Waals surface area contributed by atoms with Crippen molar-refractivity contribution in [1.82, 2.24) is 0 Å². The van der Waals surface area contributed by atoms with Gasteiger partial charge in [0.15, 0.2) is 0 Å². The Balaban J connectivity index is 1.41. The average Bonchev–Trinajstić information content (AvgIpc) is 3.20. The minimum Gasteiger partial charge on any atom is -0.399 e. The van der Waals surface area contributed by atoms with Gasteiger partial charge in [0, 0.05) is 0 Å². The van der Waals surface area contributed by atoms with Crippen LogP contribution in [0.4, 0.5) is 0 Å². The van der Waals surface area contributed by atoms with Crippen molar-refractivity contribution in [3.05, 3.63) is 114 Å². The monoisotopic (exact) mass is 524 g/mol. The molecule has 5 aromatic rings. The molecule has 3 heteroatoms. The van der Waals surface area contributed by atoms with E-state index >= 15 is 0 Å². The van der Waals surface area contributed by atoms with Gasteiger partial charge in [0.25, 0.3) is 0 Å². The Morgan fingerprint density at radius 2 is 1.20 bits per heavy atom. The molecule has 0 N–H and O–H groups in total. The highest BCUT2D eigenvalue weighted by atomic mass is 16.7. The van der Waals surface area contributed by atoms with Gasteiger partial charge in [-0.05, 0) is 107 Å². The molecule has 1 saturated heterocycles. The van der Waals surface area contributed by atoms with Crippen molar-refractivity contribution >= 4 is 56.0 Å². The van der Waals surface area contributed by atoms with E-state index in [0.29, 0.717) is 0 Å². The number of fused-ring (bicyclic) bond motifs is 6. The highest BCUT2D eigenvalue weighted by Crippen LogP contribution is 2.38. The first-order valence-corrected chi connectivity index (χ1v) is 14.4. The van der Waals surface area contributed by atoms with Gasteiger partial charge in [-0.3, -0.25) is 0 Å². The summed E-state index contributed by atoms with van der Waals surface area (Å²) in [5.74, 6) is 0. The molecule has 0 aromatic heterocycles. The Labute approximate surface area is 238 Å². The van der Waals surface area contributed by atoms with Crippen molar-refractivity contribution in [1.29, 1.82) is 0 Å². The summed E-state index contributed by atoms with van der Waals surface area (Å²) in [4.78, 5) is 0. The Hall–Kier alpha value is -3.66. The van der Waals surface area contributed by atoms with E-state index in [0.717, 1.165) is 11.9 Å². The van der Waals surface area contributed by atoms with Crippen molar-refractivity contribution in [3.63, 3.8) is 0 Å². The molecule has 40 heavy (non-hydrogen) atoms. The molecule has 1 aliphatic heterocycles. The fourth-order valence-corrected chi connectivity index (χ4v) is 5.86. The predicted octanol–water partition coefficient (Wildman–Crippen LogP) is 9.34. The molecule has 0 bridgehead atoms. The molecule has 0 amide bonds. The van der Waals surface area contributed by atoms with Crippen LogP contribution >= 0.6 is 0 Å². The largest absolute Gasteiger partial charge is 0.494 e. The molecule has 0 spiro atoms. The second kappa shape index (κ2) is 10.1. The molecule has 1 fully saturated rings. The van der Waals surface area contributed by atoms with E-state index in [1.54, 1.807) is 0 Å². The van der Waals surface area contributed by atoms with Gasteiger partial charge in [-0.1, -0.05) is 104 Å². The first-order chi connectivity index (χ1) is 19.2. The molecule has 1 aliphatic rings. The summed E-state index contributed by atoms with van der Waals surface area (Å²) in [6.07, 6.45) is 5.48. The molecule has 1 heterocycles. The zero-order valence-electron chi connectivity index (χ0n) is 24.4. The normalized spacial score (nSPS) is 17.3. The van der Waals surface area contributed by atoms with Crippen LogP contribution < -0.4 is 5.46 Å². The number of allylic oxidation sites excluding steroid dienone is 4. The van der Waals surface area contributed by atoms with Crippen molar-refractivity contribution in [2.45, 2.75) is 59.2 Å². The van der Waals surface area contributed by atoms with Gasteiger partial charge >= 0.3 is 7.12 Å². The summed E-state index contributed by atoms with van der Waals surface area (Å²) in [5, 5.41) is 7.79. The fraction of sp³-hybridized carbons (Fsp3) is 0.243. The maximum absolute atomic E-state index is 6.34. The molecule has 6 rings (SSSR count). The van der Waals surface area contributed by atoms with E-state index in [-0.39, 0.29) is 18.3 Å². The molecular formula is C37H37BO2. The van der Waals surface area contributed by atoms with Crippen molar-refractivity contribution in [3.8, 4) is 0 Å². The topological polar surface area (TPSA) is 18.5 Å². The summed E-state index contributed by atoms with van der Waals surface area (Å²) in [5.41, 5.74) is 5.27. The molecule has 2 nitrogen and oxygen atoms in total. The van der Waals surface area contributed by atoms with E-state index < -0.39 is 0 Å². The van der Waals surface area contributed by atoms with Gasteiger partial charge in [-0.2, -0.15) is 0 Å². The average molecular weight is 525 g/mol. The lowest BCUT2D eigenvalue weighted by Gasteiger charge is -2.32. The number of hydrogen-bond acceptors (Lipinski definition) is 2. The van der Waals surface area contributed by atoms with Crippen LogP contribution in [0.2, 0.25) is 0 Å². The molecule has 5 aromatic carbocycles. The molecule has 200 valence electrons. The van der Waals surface area contributed by atoms with E-state index in [2.05, 4.69) is 145 Å². The van der Waals surface area contributed by atoms with Gasteiger partial charge in [0.05, 0.1) is 11.2 Å². The lowest BCUT2D eigenvalue weighted by Crippen LogP contribution is -2.41. The summed E-state index contributed by atoms with van der Waals surface area (Å²) in [6, 6.07) is 33.1. The Morgan fingerprint density at radius 1 is 0.650 bits per heavy atom. The molecule has 0 saturated carbocycles. The Morgan fingerprint density at radius 3 is 1.75 bits per heavy atom. The van der Waals surface area contributed by atoms with E-state index in [9.17, 15) is 0 Å². The summed E-state index contributed by atoms with van der Waals surface area (Å²) in [6.45, 7) is 12.7. The maximum Gasteiger partial charge on any atom is 0.494 e. The van der Waals surface area contributed by atoms with Crippen LogP contribution in [0.3, 0.4) is 0 Å². The third kappa shape index (κ3) is 4.48. The SMILES string of the molecule is C/C=C(\C=C(/CC)c1cccc(B2OC(C)(C)C(C)(C)O2)c1)c1ccc2c3ccccc3c3ccccc3c2c1. The van der Waals surface area contributed by atoms with Gasteiger partial charge in [0.2, 0.25) is 0 Å². The van der Waals surface area contributed by atoms with Crippen LogP contribution in [0.25, 0.3) is 43.5 Å². The number of benzene rings is 5. The fourth-order valence-electron chi connectivity index (χ4n) is 5.86. The van der Waals surface area contributed by atoms with Crippen LogP contribution in [0, 0.1) is 0 Å². The third-order valence-electron chi connectivity index (χ3n) is 8.88. The summed E-state index contributed by atoms with van der Waals surface area (Å²) >= 11 is 0. The highest BCUT2D eigenvalue weighted by Gasteiger charge is 2.51. The molecule has 0 radical (unpaired) electrons. The number of hydrogen-bond donors (Lipinski definition) is 0. The van der Waals surface area contributed by atoms with Crippen LogP contribution in [0.15, 0.2) is 103 Å². The van der Waals surface area contributed by atoms with Crippen LogP contribution in [0.1, 0.15) is 59.1 Å². The van der Waals surface area contributed by atoms with Crippen LogP contribution in [-0.4, -0.2) is 18.3 Å². The minimum absolute atomic E-state index is 0.360. The van der Waals surface area contributed by atoms with Crippen molar-refractivity contribution in [2.75, 3.05) is 0 Å². The second-order valence-corrected chi connectivity index (χ2v) is 11.8. The molecular weight excluding hydrogens is 487 g/mol. The van der Waals surface area contributed by atoms with E-state index in [4.69, 9.17) is 9.31 Å². The lowest BCUT2D eigenvalue weighted by molar-refractivity contribution is 0.00578. The van der Waals surface area contributed by atoms with Gasteiger partial charge in [-0.15, -0.1) is 0 Å². The van der Waals surface area contributed by atoms with Crippen LogP contribution in [0.5, 0.6) is 0 Å². The van der Waals surface area contributed by atoms with Crippen LogP contribution in [-0.2, 0) is 9.31 Å². The Kier molecular flexibility index (Phi) is 6.69. The minimum atomic E-state index is -0.368. The maximum atomic E-state index is 6.34. The highest BCUT2D eigenvalue weighted by molar-refractivity contribution is 6.62. The number of rotatable bonds is 5. The second-order valence-electron chi connectivity index (χ2n) is 11.8. The zero-order valence-corrected chi connectivity index (χ0v) is 24.4. The summed E-state index contributed by atoms with van der Waals surface area (Å²) in [7, 11) is -0.368. The first kappa shape index (κ1) is 26.6. The predicted molar refractivity (Wildman–Crippen MR) is 173 cm³/mol. The Bertz CT molecular complexity index is 1760. The van der Waals surface area contributed by atoms with Gasteiger partial charge < -0.3 is 9.31 Å². The van der Waals surface area contributed by atoms with Gasteiger partial charge in [-0.25, -0.2) is 0 Å². The molecule has 0 aliphatic carbocycles. The third-order valence-corrected chi connectivity index (χ3v) is 8.88. The van der Waals surface area contributed by atoms with E-state index in [1.165, 1.54) is 54.6 Å². The summed E-state index contributed by atoms with van der Waals surface area (Å²) < 4.78 is 12.7. The first-order valence-electron chi connectivity index (χ1n) is 14.4. The molecule has 0 atom stereocenters.